The molecule has 0 fully saturated rings. The number of hydrogen-bond donors (Lipinski definition) is 0. The zero-order valence-electron chi connectivity index (χ0n) is 8.38. The number of pyridine rings is 1. The van der Waals surface area contributed by atoms with Crippen molar-refractivity contribution in [1.29, 1.82) is 5.26 Å². The number of nitrogens with zero attached hydrogens (tertiary/aromatic N) is 3. The molecule has 0 aromatic carbocycles. The van der Waals surface area contributed by atoms with Gasteiger partial charge in [-0.3, -0.25) is 9.69 Å². The number of amides is 1. The van der Waals surface area contributed by atoms with E-state index in [4.69, 9.17) is 10.00 Å². The molecular weight excluding hydrogens is 194 g/mol. The number of anilines is 1. The topological polar surface area (TPSA) is 66.2 Å². The molecule has 0 spiro atoms. The molecule has 1 heterocycles. The first-order chi connectivity index (χ1) is 7.31. The van der Waals surface area contributed by atoms with Gasteiger partial charge in [0.05, 0.1) is 24.8 Å². The Morgan fingerprint density at radius 1 is 1.73 bits per heavy atom. The fraction of sp³-hybridized carbons (Fsp3) is 0.300. The second-order valence-corrected chi connectivity index (χ2v) is 2.81. The van der Waals surface area contributed by atoms with Crippen LogP contribution in [0.25, 0.3) is 0 Å². The van der Waals surface area contributed by atoms with Crippen molar-refractivity contribution in [2.75, 3.05) is 25.2 Å². The van der Waals surface area contributed by atoms with Crippen LogP contribution in [0.1, 0.15) is 5.56 Å². The third-order valence-electron chi connectivity index (χ3n) is 1.83. The van der Waals surface area contributed by atoms with Gasteiger partial charge in [-0.2, -0.15) is 5.26 Å². The largest absolute Gasteiger partial charge is 0.383 e. The molecule has 0 radical (unpaired) electrons. The highest BCUT2D eigenvalue weighted by atomic mass is 16.5. The summed E-state index contributed by atoms with van der Waals surface area (Å²) >= 11 is 0. The molecule has 1 amide bonds. The van der Waals surface area contributed by atoms with E-state index in [1.165, 1.54) is 11.1 Å². The number of nitriles is 1. The fourth-order valence-corrected chi connectivity index (χ4v) is 1.06. The molecule has 1 rings (SSSR count). The van der Waals surface area contributed by atoms with Gasteiger partial charge in [0.15, 0.2) is 0 Å². The van der Waals surface area contributed by atoms with Crippen molar-refractivity contribution < 1.29 is 9.53 Å². The molecule has 0 atom stereocenters. The summed E-state index contributed by atoms with van der Waals surface area (Å²) in [6.07, 6.45) is 2.17. The molecule has 0 aliphatic heterocycles. The van der Waals surface area contributed by atoms with Gasteiger partial charge in [-0.05, 0) is 12.1 Å². The molecule has 1 aromatic rings. The fourth-order valence-electron chi connectivity index (χ4n) is 1.06. The van der Waals surface area contributed by atoms with Gasteiger partial charge in [0, 0.05) is 13.3 Å². The van der Waals surface area contributed by atoms with Crippen LogP contribution in [-0.2, 0) is 9.53 Å². The molecule has 0 aliphatic rings. The Morgan fingerprint density at radius 3 is 3.13 bits per heavy atom. The van der Waals surface area contributed by atoms with E-state index in [1.54, 1.807) is 19.2 Å². The zero-order chi connectivity index (χ0) is 11.1. The van der Waals surface area contributed by atoms with Crippen molar-refractivity contribution in [2.45, 2.75) is 0 Å². The van der Waals surface area contributed by atoms with Crippen LogP contribution in [0, 0.1) is 11.3 Å². The zero-order valence-corrected chi connectivity index (χ0v) is 8.38. The Labute approximate surface area is 87.9 Å². The van der Waals surface area contributed by atoms with E-state index in [2.05, 4.69) is 4.98 Å². The lowest BCUT2D eigenvalue weighted by Gasteiger charge is -2.15. The molecule has 1 aromatic heterocycles. The maximum absolute atomic E-state index is 10.8. The number of rotatable bonds is 5. The summed E-state index contributed by atoms with van der Waals surface area (Å²) in [6.45, 7) is 0.846. The average molecular weight is 205 g/mol. The SMILES string of the molecule is COCCN(C=O)c1cc(C#N)ccn1. The van der Waals surface area contributed by atoms with Crippen LogP contribution in [0.4, 0.5) is 5.82 Å². The first-order valence-corrected chi connectivity index (χ1v) is 4.39. The van der Waals surface area contributed by atoms with E-state index in [0.29, 0.717) is 30.9 Å². The molecular formula is C10H11N3O2. The average Bonchev–Trinajstić information content (AvgIpc) is 2.30. The maximum Gasteiger partial charge on any atom is 0.215 e. The Balaban J connectivity index is 2.82. The number of hydrogen-bond acceptors (Lipinski definition) is 4. The normalized spacial score (nSPS) is 9.33. The van der Waals surface area contributed by atoms with Gasteiger partial charge in [-0.25, -0.2) is 4.98 Å². The Bertz CT molecular complexity index is 373. The first-order valence-electron chi connectivity index (χ1n) is 4.39. The third-order valence-corrected chi connectivity index (χ3v) is 1.83. The lowest BCUT2D eigenvalue weighted by atomic mass is 10.3. The predicted octanol–water partition coefficient (Wildman–Crippen LogP) is 0.562. The molecule has 15 heavy (non-hydrogen) atoms. The highest BCUT2D eigenvalue weighted by Crippen LogP contribution is 2.09. The minimum Gasteiger partial charge on any atom is -0.383 e. The van der Waals surface area contributed by atoms with Gasteiger partial charge in [-0.1, -0.05) is 0 Å². The van der Waals surface area contributed by atoms with Crippen LogP contribution >= 0.6 is 0 Å². The van der Waals surface area contributed by atoms with Crippen molar-refractivity contribution >= 4 is 12.2 Å². The van der Waals surface area contributed by atoms with Crippen LogP contribution in [-0.4, -0.2) is 31.7 Å². The van der Waals surface area contributed by atoms with Crippen molar-refractivity contribution in [1.82, 2.24) is 4.98 Å². The molecule has 78 valence electrons. The van der Waals surface area contributed by atoms with Gasteiger partial charge >= 0.3 is 0 Å². The minimum absolute atomic E-state index is 0.419. The molecule has 0 bridgehead atoms. The van der Waals surface area contributed by atoms with E-state index >= 15 is 0 Å². The van der Waals surface area contributed by atoms with Gasteiger partial charge in [0.25, 0.3) is 0 Å². The molecule has 0 saturated carbocycles. The number of aromatic nitrogens is 1. The monoisotopic (exact) mass is 205 g/mol. The summed E-state index contributed by atoms with van der Waals surface area (Å²) in [6, 6.07) is 5.13. The number of ether oxygens (including phenoxy) is 1. The maximum atomic E-state index is 10.8. The molecule has 0 aliphatic carbocycles. The van der Waals surface area contributed by atoms with E-state index < -0.39 is 0 Å². The summed E-state index contributed by atoms with van der Waals surface area (Å²) in [5.41, 5.74) is 0.476. The Morgan fingerprint density at radius 2 is 2.53 bits per heavy atom. The quantitative estimate of drug-likeness (QED) is 0.659. The molecule has 5 nitrogen and oxygen atoms in total. The van der Waals surface area contributed by atoms with Crippen LogP contribution in [0.15, 0.2) is 18.3 Å². The molecule has 0 saturated heterocycles. The highest BCUT2D eigenvalue weighted by molar-refractivity contribution is 5.73. The summed E-state index contributed by atoms with van der Waals surface area (Å²) in [5, 5.41) is 8.68. The second-order valence-electron chi connectivity index (χ2n) is 2.81. The Hall–Kier alpha value is -1.93. The van der Waals surface area contributed by atoms with Crippen molar-refractivity contribution in [2.24, 2.45) is 0 Å². The number of carbonyl (C=O) groups is 1. The van der Waals surface area contributed by atoms with Crippen LogP contribution in [0.2, 0.25) is 0 Å². The Kier molecular flexibility index (Phi) is 4.26. The summed E-state index contributed by atoms with van der Waals surface area (Å²) in [5.74, 6) is 0.459. The van der Waals surface area contributed by atoms with E-state index in [1.807, 2.05) is 6.07 Å². The van der Waals surface area contributed by atoms with E-state index in [9.17, 15) is 4.79 Å². The lowest BCUT2D eigenvalue weighted by Crippen LogP contribution is -2.26. The molecule has 5 heteroatoms. The minimum atomic E-state index is 0.419. The molecule has 0 unspecified atom stereocenters. The summed E-state index contributed by atoms with van der Waals surface area (Å²) in [7, 11) is 1.56. The predicted molar refractivity (Wildman–Crippen MR) is 54.2 cm³/mol. The summed E-state index contributed by atoms with van der Waals surface area (Å²) in [4.78, 5) is 16.2. The van der Waals surface area contributed by atoms with Crippen molar-refractivity contribution in [3.63, 3.8) is 0 Å². The van der Waals surface area contributed by atoms with Crippen molar-refractivity contribution in [3.05, 3.63) is 23.9 Å². The lowest BCUT2D eigenvalue weighted by molar-refractivity contribution is -0.107. The van der Waals surface area contributed by atoms with E-state index in [0.717, 1.165) is 0 Å². The van der Waals surface area contributed by atoms with Crippen LogP contribution < -0.4 is 4.90 Å². The third kappa shape index (κ3) is 3.04. The van der Waals surface area contributed by atoms with Crippen LogP contribution in [0.3, 0.4) is 0 Å². The number of methoxy groups -OCH3 is 1. The molecule has 0 N–H and O–H groups in total. The second kappa shape index (κ2) is 5.73. The van der Waals surface area contributed by atoms with Crippen LogP contribution in [0.5, 0.6) is 0 Å². The standard InChI is InChI=1S/C10H11N3O2/c1-15-5-4-13(8-14)10-6-9(7-11)2-3-12-10/h2-3,6,8H,4-5H2,1H3. The summed E-state index contributed by atoms with van der Waals surface area (Å²) < 4.78 is 4.86. The first kappa shape index (κ1) is 11.1. The van der Waals surface area contributed by atoms with Gasteiger partial charge < -0.3 is 4.74 Å². The number of carbonyl (C=O) groups excluding carboxylic acids is 1. The van der Waals surface area contributed by atoms with Gasteiger partial charge in [0.1, 0.15) is 5.82 Å². The van der Waals surface area contributed by atoms with E-state index in [-0.39, 0.29) is 0 Å². The van der Waals surface area contributed by atoms with Gasteiger partial charge in [-0.15, -0.1) is 0 Å². The van der Waals surface area contributed by atoms with Crippen molar-refractivity contribution in [3.8, 4) is 6.07 Å². The smallest absolute Gasteiger partial charge is 0.215 e. The van der Waals surface area contributed by atoms with Gasteiger partial charge in [0.2, 0.25) is 6.41 Å². The highest BCUT2D eigenvalue weighted by Gasteiger charge is 2.06.